The number of nitrogens with one attached hydrogen (secondary N) is 1. The van der Waals surface area contributed by atoms with Crippen molar-refractivity contribution in [3.8, 4) is 5.75 Å². The van der Waals surface area contributed by atoms with Gasteiger partial charge in [0, 0.05) is 27.9 Å². The fourth-order valence-corrected chi connectivity index (χ4v) is 6.74. The minimum Gasteiger partial charge on any atom is -0.477 e. The largest absolute Gasteiger partial charge is 0.573 e. The number of H-pyrrole nitrogens is 1. The molecule has 1 aromatic heterocycles. The van der Waals surface area contributed by atoms with Gasteiger partial charge in [0.2, 0.25) is 5.91 Å². The minimum absolute atomic E-state index is 0.0322. The molecule has 0 spiro atoms. The number of alkyl halides is 3. The second-order valence-electron chi connectivity index (χ2n) is 11.6. The molecule has 12 heteroatoms. The number of halogens is 4. The minimum atomic E-state index is -4.94. The molecule has 2 aromatic carbocycles. The molecule has 8 nitrogen and oxygen atoms in total. The maximum atomic E-state index is 13.2. The van der Waals surface area contributed by atoms with Gasteiger partial charge >= 0.3 is 12.3 Å². The molecule has 0 unspecified atom stereocenters. The molecule has 5 rings (SSSR count). The van der Waals surface area contributed by atoms with Gasteiger partial charge in [-0.15, -0.1) is 13.2 Å². The molecule has 1 amide bonds. The number of ether oxygens (including phenoxy) is 1. The van der Waals surface area contributed by atoms with E-state index in [1.807, 2.05) is 0 Å². The van der Waals surface area contributed by atoms with Gasteiger partial charge in [-0.1, -0.05) is 0 Å². The van der Waals surface area contributed by atoms with E-state index in [2.05, 4.69) is 14.6 Å². The first-order chi connectivity index (χ1) is 20.4. The zero-order valence-electron chi connectivity index (χ0n) is 23.4. The van der Waals surface area contributed by atoms with Crippen LogP contribution in [0.5, 0.6) is 5.75 Å². The molecule has 4 N–H and O–H groups in total. The average molecular weight is 604 g/mol. The SMILES string of the molecule is NC(=O)C1(c2c(C(=O)O)[nH]c3ccc(OC(F)(F)F)cc23)CCC(CCN2CCC(C(=O)c3ccc(F)cc3)CC2)CC1. The number of aromatic nitrogens is 1. The van der Waals surface area contributed by atoms with Crippen LogP contribution in [0.4, 0.5) is 17.6 Å². The number of piperidine rings is 1. The van der Waals surface area contributed by atoms with Crippen LogP contribution >= 0.6 is 0 Å². The van der Waals surface area contributed by atoms with Crippen molar-refractivity contribution in [2.24, 2.45) is 17.6 Å². The molecular formula is C31H33F4N3O5. The Morgan fingerprint density at radius 2 is 1.67 bits per heavy atom. The molecule has 1 aliphatic carbocycles. The Bertz CT molecular complexity index is 1500. The molecule has 0 atom stereocenters. The highest BCUT2D eigenvalue weighted by atomic mass is 19.4. The van der Waals surface area contributed by atoms with E-state index in [1.165, 1.54) is 30.3 Å². The van der Waals surface area contributed by atoms with Crippen molar-refractivity contribution in [1.82, 2.24) is 9.88 Å². The molecule has 2 fully saturated rings. The number of hydrogen-bond donors (Lipinski definition) is 3. The highest BCUT2D eigenvalue weighted by Gasteiger charge is 2.46. The van der Waals surface area contributed by atoms with Crippen LogP contribution in [0, 0.1) is 17.7 Å². The Labute approximate surface area is 245 Å². The molecule has 1 aliphatic heterocycles. The topological polar surface area (TPSA) is 126 Å². The molecule has 3 aromatic rings. The second-order valence-corrected chi connectivity index (χ2v) is 11.6. The van der Waals surface area contributed by atoms with E-state index >= 15 is 0 Å². The molecule has 230 valence electrons. The quantitative estimate of drug-likeness (QED) is 0.210. The van der Waals surface area contributed by atoms with Crippen molar-refractivity contribution in [1.29, 1.82) is 0 Å². The Morgan fingerprint density at radius 3 is 2.26 bits per heavy atom. The lowest BCUT2D eigenvalue weighted by Gasteiger charge is -2.39. The number of carbonyl (C=O) groups is 3. The number of carboxylic acids is 1. The first kappa shape index (κ1) is 30.5. The second kappa shape index (κ2) is 12.0. The highest BCUT2D eigenvalue weighted by molar-refractivity contribution is 6.03. The van der Waals surface area contributed by atoms with Crippen LogP contribution in [0.2, 0.25) is 0 Å². The Hall–Kier alpha value is -3.93. The number of aromatic carboxylic acids is 1. The Morgan fingerprint density at radius 1 is 1.02 bits per heavy atom. The normalized spacial score (nSPS) is 22.0. The van der Waals surface area contributed by atoms with E-state index < -0.39 is 29.4 Å². The number of nitrogens with two attached hydrogens (primary N) is 1. The summed E-state index contributed by atoms with van der Waals surface area (Å²) in [5, 5.41) is 10.1. The molecule has 0 bridgehead atoms. The number of carbonyl (C=O) groups excluding carboxylic acids is 2. The smallest absolute Gasteiger partial charge is 0.477 e. The maximum Gasteiger partial charge on any atom is 0.573 e. The summed E-state index contributed by atoms with van der Waals surface area (Å²) in [5.41, 5.74) is 5.16. The highest BCUT2D eigenvalue weighted by Crippen LogP contribution is 2.47. The number of ketones is 1. The summed E-state index contributed by atoms with van der Waals surface area (Å²) < 4.78 is 55.9. The van der Waals surface area contributed by atoms with Gasteiger partial charge in [0.15, 0.2) is 5.78 Å². The molecule has 2 aliphatic rings. The standard InChI is InChI=1S/C31H33F4N3O5/c32-21-3-1-19(2-4-21)27(39)20-10-15-38(16-11-20)14-9-18-7-12-30(13-8-18,29(36)42)25-23-17-22(43-31(33,34)35)5-6-24(23)37-26(25)28(40)41/h1-6,17-18,20,37H,7-16H2,(H2,36,42)(H,40,41). The van der Waals surface area contributed by atoms with E-state index in [0.29, 0.717) is 31.2 Å². The van der Waals surface area contributed by atoms with Crippen molar-refractivity contribution in [2.75, 3.05) is 19.6 Å². The summed E-state index contributed by atoms with van der Waals surface area (Å²) >= 11 is 0. The number of carboxylic acid groups (broad SMARTS) is 1. The van der Waals surface area contributed by atoms with Crippen molar-refractivity contribution in [3.05, 3.63) is 65.1 Å². The monoisotopic (exact) mass is 603 g/mol. The van der Waals surface area contributed by atoms with E-state index in [9.17, 15) is 37.1 Å². The number of rotatable bonds is 9. The van der Waals surface area contributed by atoms with Gasteiger partial charge in [-0.2, -0.15) is 0 Å². The van der Waals surface area contributed by atoms with Crippen LogP contribution in [-0.4, -0.2) is 58.6 Å². The number of primary amides is 1. The Kier molecular flexibility index (Phi) is 8.51. The zero-order chi connectivity index (χ0) is 30.9. The van der Waals surface area contributed by atoms with Crippen molar-refractivity contribution >= 4 is 28.6 Å². The van der Waals surface area contributed by atoms with E-state index in [1.54, 1.807) is 0 Å². The van der Waals surface area contributed by atoms with Crippen molar-refractivity contribution < 1.29 is 41.8 Å². The summed E-state index contributed by atoms with van der Waals surface area (Å²) in [6, 6.07) is 9.09. The third-order valence-corrected chi connectivity index (χ3v) is 9.07. The summed E-state index contributed by atoms with van der Waals surface area (Å²) in [5.74, 6) is -2.78. The van der Waals surface area contributed by atoms with Crippen LogP contribution < -0.4 is 10.5 Å². The van der Waals surface area contributed by atoms with E-state index in [0.717, 1.165) is 38.2 Å². The lowest BCUT2D eigenvalue weighted by Crippen LogP contribution is -2.45. The predicted octanol–water partition coefficient (Wildman–Crippen LogP) is 5.80. The lowest BCUT2D eigenvalue weighted by atomic mass is 9.64. The predicted molar refractivity (Wildman–Crippen MR) is 149 cm³/mol. The number of Topliss-reactive ketones (excluding diaryl/α,β-unsaturated/α-hetero) is 1. The molecular weight excluding hydrogens is 570 g/mol. The van der Waals surface area contributed by atoms with Gasteiger partial charge in [0.1, 0.15) is 17.3 Å². The van der Waals surface area contributed by atoms with Gasteiger partial charge in [-0.25, -0.2) is 9.18 Å². The van der Waals surface area contributed by atoms with Crippen LogP contribution in [0.15, 0.2) is 42.5 Å². The average Bonchev–Trinajstić information content (AvgIpc) is 3.35. The molecule has 1 saturated carbocycles. The van der Waals surface area contributed by atoms with Gasteiger partial charge < -0.3 is 25.5 Å². The third-order valence-electron chi connectivity index (χ3n) is 9.07. The summed E-state index contributed by atoms with van der Waals surface area (Å²) in [4.78, 5) is 43.0. The van der Waals surface area contributed by atoms with Crippen LogP contribution in [0.1, 0.15) is 71.4 Å². The summed E-state index contributed by atoms with van der Waals surface area (Å²) in [6.07, 6.45) is -0.965. The molecule has 1 saturated heterocycles. The summed E-state index contributed by atoms with van der Waals surface area (Å²) in [7, 11) is 0. The van der Waals surface area contributed by atoms with Gasteiger partial charge in [0.25, 0.3) is 0 Å². The van der Waals surface area contributed by atoms with Crippen LogP contribution in [0.3, 0.4) is 0 Å². The van der Waals surface area contributed by atoms with Crippen molar-refractivity contribution in [3.63, 3.8) is 0 Å². The van der Waals surface area contributed by atoms with E-state index in [4.69, 9.17) is 5.73 Å². The van der Waals surface area contributed by atoms with Gasteiger partial charge in [-0.05, 0) is 113 Å². The number of hydrogen-bond acceptors (Lipinski definition) is 5. The number of likely N-dealkylation sites (tertiary alicyclic amines) is 1. The first-order valence-corrected chi connectivity index (χ1v) is 14.3. The Balaban J connectivity index is 1.24. The zero-order valence-corrected chi connectivity index (χ0v) is 23.4. The fraction of sp³-hybridized carbons (Fsp3) is 0.452. The third kappa shape index (κ3) is 6.53. The molecule has 43 heavy (non-hydrogen) atoms. The number of nitrogens with zero attached hydrogens (tertiary/aromatic N) is 1. The van der Waals surface area contributed by atoms with Gasteiger partial charge in [-0.3, -0.25) is 9.59 Å². The molecule has 2 heterocycles. The fourth-order valence-electron chi connectivity index (χ4n) is 6.74. The van der Waals surface area contributed by atoms with E-state index in [-0.39, 0.29) is 58.4 Å². The number of amides is 1. The van der Waals surface area contributed by atoms with Crippen LogP contribution in [-0.2, 0) is 10.2 Å². The lowest BCUT2D eigenvalue weighted by molar-refractivity contribution is -0.274. The van der Waals surface area contributed by atoms with Crippen LogP contribution in [0.25, 0.3) is 10.9 Å². The first-order valence-electron chi connectivity index (χ1n) is 14.3. The molecule has 0 radical (unpaired) electrons. The number of aromatic amines is 1. The number of benzene rings is 2. The van der Waals surface area contributed by atoms with Gasteiger partial charge in [0.05, 0.1) is 5.41 Å². The summed E-state index contributed by atoms with van der Waals surface area (Å²) in [6.45, 7) is 2.32. The van der Waals surface area contributed by atoms with Crippen molar-refractivity contribution in [2.45, 2.75) is 56.7 Å². The maximum absolute atomic E-state index is 13.2. The number of fused-ring (bicyclic) bond motifs is 1.